The maximum atomic E-state index is 6.07. The van der Waals surface area contributed by atoms with Crippen molar-refractivity contribution < 1.29 is 4.74 Å². The number of ether oxygens (including phenoxy) is 1. The van der Waals surface area contributed by atoms with Gasteiger partial charge in [0.15, 0.2) is 0 Å². The Labute approximate surface area is 142 Å². The monoisotopic (exact) mass is 415 g/mol. The first-order valence-corrected chi connectivity index (χ1v) is 8.36. The van der Waals surface area contributed by atoms with Gasteiger partial charge in [-0.2, -0.15) is 5.10 Å². The first kappa shape index (κ1) is 16.5. The van der Waals surface area contributed by atoms with Crippen molar-refractivity contribution in [1.82, 2.24) is 15.1 Å². The largest absolute Gasteiger partial charge is 0.438 e. The Balaban J connectivity index is 2.30. The summed E-state index contributed by atoms with van der Waals surface area (Å²) in [5.41, 5.74) is 2.06. The molecule has 1 aromatic carbocycles. The molecule has 0 amide bonds. The van der Waals surface area contributed by atoms with Gasteiger partial charge in [-0.25, -0.2) is 4.68 Å². The van der Waals surface area contributed by atoms with Gasteiger partial charge in [0, 0.05) is 24.1 Å². The Morgan fingerprint density at radius 2 is 2.05 bits per heavy atom. The molecule has 0 radical (unpaired) electrons. The molecule has 1 aromatic heterocycles. The molecule has 0 aliphatic rings. The Bertz CT molecular complexity index is 638. The Kier molecular flexibility index (Phi) is 5.46. The molecule has 0 bridgehead atoms. The van der Waals surface area contributed by atoms with Crippen molar-refractivity contribution in [3.8, 4) is 11.6 Å². The lowest BCUT2D eigenvalue weighted by Gasteiger charge is -2.12. The lowest BCUT2D eigenvalue weighted by Crippen LogP contribution is -2.22. The second-order valence-electron chi connectivity index (χ2n) is 5.21. The Hall–Kier alpha value is -0.850. The molecule has 0 saturated carbocycles. The van der Waals surface area contributed by atoms with Crippen LogP contribution in [-0.2, 0) is 13.6 Å². The molecule has 0 saturated heterocycles. The van der Waals surface area contributed by atoms with E-state index in [2.05, 4.69) is 56.1 Å². The minimum Gasteiger partial charge on any atom is -0.438 e. The van der Waals surface area contributed by atoms with Crippen LogP contribution in [0.5, 0.6) is 11.6 Å². The molecular weight excluding hydrogens is 398 g/mol. The zero-order chi connectivity index (χ0) is 15.6. The lowest BCUT2D eigenvalue weighted by molar-refractivity contribution is 0.420. The third-order valence-electron chi connectivity index (χ3n) is 3.08. The van der Waals surface area contributed by atoms with E-state index in [1.165, 1.54) is 0 Å². The summed E-state index contributed by atoms with van der Waals surface area (Å²) in [5, 5.41) is 7.87. The van der Waals surface area contributed by atoms with Crippen LogP contribution >= 0.6 is 31.9 Å². The number of benzene rings is 1. The third kappa shape index (κ3) is 4.08. The van der Waals surface area contributed by atoms with Gasteiger partial charge < -0.3 is 10.1 Å². The maximum Gasteiger partial charge on any atom is 0.222 e. The van der Waals surface area contributed by atoms with Gasteiger partial charge >= 0.3 is 0 Å². The minimum absolute atomic E-state index is 0.414. The second-order valence-corrected chi connectivity index (χ2v) is 6.98. The number of nitrogens with one attached hydrogen (secondary N) is 1. The molecule has 2 rings (SSSR count). The van der Waals surface area contributed by atoms with E-state index >= 15 is 0 Å². The quantitative estimate of drug-likeness (QED) is 0.777. The van der Waals surface area contributed by atoms with Gasteiger partial charge in [-0.15, -0.1) is 0 Å². The van der Waals surface area contributed by atoms with Crippen molar-refractivity contribution in [2.75, 3.05) is 0 Å². The van der Waals surface area contributed by atoms with Gasteiger partial charge in [0.2, 0.25) is 5.88 Å². The molecule has 6 heteroatoms. The third-order valence-corrected chi connectivity index (χ3v) is 4.19. The first-order chi connectivity index (χ1) is 9.88. The van der Waals surface area contributed by atoms with Crippen LogP contribution in [0.1, 0.15) is 25.1 Å². The van der Waals surface area contributed by atoms with E-state index in [1.54, 1.807) is 4.68 Å². The minimum atomic E-state index is 0.414. The highest BCUT2D eigenvalue weighted by atomic mass is 79.9. The van der Waals surface area contributed by atoms with Crippen LogP contribution in [0, 0.1) is 6.92 Å². The second kappa shape index (κ2) is 6.94. The van der Waals surface area contributed by atoms with Crippen LogP contribution in [0.4, 0.5) is 0 Å². The topological polar surface area (TPSA) is 39.1 Å². The molecule has 0 atom stereocenters. The van der Waals surface area contributed by atoms with Crippen LogP contribution in [0.3, 0.4) is 0 Å². The average molecular weight is 417 g/mol. The fourth-order valence-electron chi connectivity index (χ4n) is 1.98. The summed E-state index contributed by atoms with van der Waals surface area (Å²) in [6.45, 7) is 6.98. The SMILES string of the molecule is Cc1nn(C)c(Oc2ccc(Br)cc2Br)c1CNC(C)C. The van der Waals surface area contributed by atoms with Gasteiger partial charge in [-0.3, -0.25) is 0 Å². The molecule has 1 N–H and O–H groups in total. The summed E-state index contributed by atoms with van der Waals surface area (Å²) < 4.78 is 9.76. The van der Waals surface area contributed by atoms with Gasteiger partial charge in [0.05, 0.1) is 15.7 Å². The van der Waals surface area contributed by atoms with E-state index in [9.17, 15) is 0 Å². The summed E-state index contributed by atoms with van der Waals surface area (Å²) in [6.07, 6.45) is 0. The Morgan fingerprint density at radius 1 is 1.33 bits per heavy atom. The molecule has 0 aliphatic carbocycles. The Morgan fingerprint density at radius 3 is 2.67 bits per heavy atom. The van der Waals surface area contributed by atoms with Gasteiger partial charge in [0.25, 0.3) is 0 Å². The number of aryl methyl sites for hydroxylation is 2. The molecule has 0 aliphatic heterocycles. The highest BCUT2D eigenvalue weighted by Gasteiger charge is 2.16. The van der Waals surface area contributed by atoms with E-state index in [1.807, 2.05) is 32.2 Å². The number of halogens is 2. The molecule has 0 fully saturated rings. The molecular formula is C15H19Br2N3O. The normalized spacial score (nSPS) is 11.2. The predicted octanol–water partition coefficient (Wildman–Crippen LogP) is 4.54. The highest BCUT2D eigenvalue weighted by molar-refractivity contribution is 9.11. The predicted molar refractivity (Wildman–Crippen MR) is 91.8 cm³/mol. The van der Waals surface area contributed by atoms with E-state index < -0.39 is 0 Å². The van der Waals surface area contributed by atoms with Crippen molar-refractivity contribution in [1.29, 1.82) is 0 Å². The molecule has 2 aromatic rings. The number of hydrogen-bond acceptors (Lipinski definition) is 3. The smallest absolute Gasteiger partial charge is 0.222 e. The van der Waals surface area contributed by atoms with Crippen molar-refractivity contribution in [3.05, 3.63) is 38.4 Å². The van der Waals surface area contributed by atoms with E-state index in [0.717, 1.165) is 38.4 Å². The van der Waals surface area contributed by atoms with Crippen molar-refractivity contribution >= 4 is 31.9 Å². The summed E-state index contributed by atoms with van der Waals surface area (Å²) >= 11 is 6.96. The summed E-state index contributed by atoms with van der Waals surface area (Å²) in [6, 6.07) is 6.26. The molecule has 0 unspecified atom stereocenters. The fourth-order valence-corrected chi connectivity index (χ4v) is 3.11. The molecule has 4 nitrogen and oxygen atoms in total. The van der Waals surface area contributed by atoms with Crippen LogP contribution in [0.2, 0.25) is 0 Å². The lowest BCUT2D eigenvalue weighted by atomic mass is 10.2. The number of rotatable bonds is 5. The number of nitrogens with zero attached hydrogens (tertiary/aromatic N) is 2. The fraction of sp³-hybridized carbons (Fsp3) is 0.400. The first-order valence-electron chi connectivity index (χ1n) is 6.77. The van der Waals surface area contributed by atoms with Crippen LogP contribution in [-0.4, -0.2) is 15.8 Å². The zero-order valence-corrected chi connectivity index (χ0v) is 15.7. The number of hydrogen-bond donors (Lipinski definition) is 1. The van der Waals surface area contributed by atoms with E-state index in [-0.39, 0.29) is 0 Å². The van der Waals surface area contributed by atoms with Gasteiger partial charge in [-0.1, -0.05) is 29.8 Å². The van der Waals surface area contributed by atoms with Crippen LogP contribution < -0.4 is 10.1 Å². The van der Waals surface area contributed by atoms with E-state index in [0.29, 0.717) is 6.04 Å². The van der Waals surface area contributed by atoms with Crippen molar-refractivity contribution in [2.45, 2.75) is 33.4 Å². The number of aromatic nitrogens is 2. The highest BCUT2D eigenvalue weighted by Crippen LogP contribution is 2.34. The van der Waals surface area contributed by atoms with E-state index in [4.69, 9.17) is 4.74 Å². The summed E-state index contributed by atoms with van der Waals surface area (Å²) in [7, 11) is 1.90. The van der Waals surface area contributed by atoms with Crippen molar-refractivity contribution in [3.63, 3.8) is 0 Å². The van der Waals surface area contributed by atoms with Crippen LogP contribution in [0.25, 0.3) is 0 Å². The average Bonchev–Trinajstić information content (AvgIpc) is 2.65. The molecule has 1 heterocycles. The maximum absolute atomic E-state index is 6.07. The zero-order valence-electron chi connectivity index (χ0n) is 12.6. The molecule has 0 spiro atoms. The van der Waals surface area contributed by atoms with Crippen LogP contribution in [0.15, 0.2) is 27.1 Å². The molecule has 21 heavy (non-hydrogen) atoms. The summed E-state index contributed by atoms with van der Waals surface area (Å²) in [5.74, 6) is 1.54. The van der Waals surface area contributed by atoms with Gasteiger partial charge in [-0.05, 0) is 41.1 Å². The van der Waals surface area contributed by atoms with Gasteiger partial charge in [0.1, 0.15) is 5.75 Å². The van der Waals surface area contributed by atoms with Crippen molar-refractivity contribution in [2.24, 2.45) is 7.05 Å². The molecule has 114 valence electrons. The summed E-state index contributed by atoms with van der Waals surface area (Å²) in [4.78, 5) is 0. The standard InChI is InChI=1S/C15H19Br2N3O/c1-9(2)18-8-12-10(3)19-20(4)15(12)21-14-6-5-11(16)7-13(14)17/h5-7,9,18H,8H2,1-4H3.